The molecule has 2 aromatic heterocycles. The van der Waals surface area contributed by atoms with Gasteiger partial charge in [0.2, 0.25) is 0 Å². The highest BCUT2D eigenvalue weighted by Gasteiger charge is 2.33. The number of nitrogens with zero attached hydrogens (tertiary/aromatic N) is 3. The van der Waals surface area contributed by atoms with E-state index in [1.54, 1.807) is 57.4 Å². The Bertz CT molecular complexity index is 1920. The van der Waals surface area contributed by atoms with Crippen LogP contribution in [0.5, 0.6) is 5.75 Å². The van der Waals surface area contributed by atoms with Gasteiger partial charge < -0.3 is 13.9 Å². The number of non-ortho nitro benzene ring substituents is 1. The lowest BCUT2D eigenvalue weighted by atomic mass is 9.96. The smallest absolute Gasteiger partial charge is 0.338 e. The minimum Gasteiger partial charge on any atom is -0.496 e. The number of nitro benzene ring substituents is 1. The van der Waals surface area contributed by atoms with E-state index in [9.17, 15) is 19.7 Å². The average Bonchev–Trinajstić information content (AvgIpc) is 3.52. The first-order valence-corrected chi connectivity index (χ1v) is 14.2. The summed E-state index contributed by atoms with van der Waals surface area (Å²) < 4.78 is 19.0. The lowest BCUT2D eigenvalue weighted by Gasteiger charge is -2.25. The zero-order valence-corrected chi connectivity index (χ0v) is 25.0. The molecule has 0 radical (unpaired) electrons. The van der Waals surface area contributed by atoms with Crippen molar-refractivity contribution in [1.82, 2.24) is 4.57 Å². The van der Waals surface area contributed by atoms with E-state index < -0.39 is 16.9 Å². The van der Waals surface area contributed by atoms with Crippen molar-refractivity contribution >= 4 is 56.6 Å². The van der Waals surface area contributed by atoms with Crippen LogP contribution in [0.1, 0.15) is 31.2 Å². The summed E-state index contributed by atoms with van der Waals surface area (Å²) in [6.45, 7) is 3.57. The lowest BCUT2D eigenvalue weighted by molar-refractivity contribution is -0.384. The summed E-state index contributed by atoms with van der Waals surface area (Å²) >= 11 is 10.9. The molecular weight excluding hydrogens is 638 g/mol. The number of allylic oxidation sites excluding steroid dienone is 1. The summed E-state index contributed by atoms with van der Waals surface area (Å²) in [5, 5.41) is 11.5. The van der Waals surface area contributed by atoms with Gasteiger partial charge in [0.05, 0.1) is 50.0 Å². The van der Waals surface area contributed by atoms with Crippen LogP contribution in [0.4, 0.5) is 5.69 Å². The van der Waals surface area contributed by atoms with Crippen LogP contribution in [-0.4, -0.2) is 29.2 Å². The highest BCUT2D eigenvalue weighted by atomic mass is 79.9. The van der Waals surface area contributed by atoms with Gasteiger partial charge in [-0.3, -0.25) is 19.5 Å². The number of carbonyl (C=O) groups excluding carboxylic acids is 1. The molecule has 0 N–H and O–H groups in total. The molecule has 1 atom stereocenters. The van der Waals surface area contributed by atoms with Crippen LogP contribution < -0.4 is 19.6 Å². The van der Waals surface area contributed by atoms with Gasteiger partial charge in [0.1, 0.15) is 17.3 Å². The Kier molecular flexibility index (Phi) is 7.98. The van der Waals surface area contributed by atoms with Crippen molar-refractivity contribution in [3.05, 3.63) is 110 Å². The zero-order valence-electron chi connectivity index (χ0n) is 21.8. The Hall–Kier alpha value is -4.00. The monoisotopic (exact) mass is 657 g/mol. The molecule has 210 valence electrons. The van der Waals surface area contributed by atoms with Crippen LogP contribution in [0.15, 0.2) is 78.5 Å². The Morgan fingerprint density at radius 3 is 2.73 bits per heavy atom. The van der Waals surface area contributed by atoms with E-state index in [2.05, 4.69) is 20.9 Å². The van der Waals surface area contributed by atoms with Crippen molar-refractivity contribution in [2.24, 2.45) is 4.99 Å². The molecule has 5 rings (SSSR count). The van der Waals surface area contributed by atoms with Gasteiger partial charge in [-0.2, -0.15) is 0 Å². The number of aromatic nitrogens is 1. The molecule has 0 fully saturated rings. The summed E-state index contributed by atoms with van der Waals surface area (Å²) in [5.74, 6) is 0.665. The Morgan fingerprint density at radius 2 is 2.05 bits per heavy atom. The molecule has 0 bridgehead atoms. The summed E-state index contributed by atoms with van der Waals surface area (Å²) in [7, 11) is 1.55. The number of ether oxygens (including phenoxy) is 2. The first-order chi connectivity index (χ1) is 19.6. The van der Waals surface area contributed by atoms with Crippen LogP contribution in [0.3, 0.4) is 0 Å². The van der Waals surface area contributed by atoms with Crippen LogP contribution in [0.2, 0.25) is 5.02 Å². The number of halogens is 2. The molecule has 10 nitrogen and oxygen atoms in total. The average molecular weight is 659 g/mol. The standard InChI is InChI=1S/C28H21BrClN3O7S/c1-4-39-27(35)24-14(2)31-28-32(25(24)15-5-9-22(38-3)19(29)11-15)26(34)23(41-28)13-17-7-10-21(40-17)18-12-16(33(36)37)6-8-20(18)30/h5-13,25H,4H2,1-3H3/b23-13+/t25-/m0/s1. The molecule has 0 aliphatic carbocycles. The molecule has 41 heavy (non-hydrogen) atoms. The van der Waals surface area contributed by atoms with Crippen LogP contribution in [0, 0.1) is 10.1 Å². The number of furan rings is 1. The summed E-state index contributed by atoms with van der Waals surface area (Å²) in [6, 6.07) is 11.8. The minimum absolute atomic E-state index is 0.131. The second kappa shape index (κ2) is 11.5. The number of hydrogen-bond acceptors (Lipinski definition) is 9. The number of methoxy groups -OCH3 is 1. The number of thiazole rings is 1. The molecule has 1 aliphatic heterocycles. The first-order valence-electron chi connectivity index (χ1n) is 12.2. The van der Waals surface area contributed by atoms with Gasteiger partial charge in [0.15, 0.2) is 4.80 Å². The molecule has 3 heterocycles. The van der Waals surface area contributed by atoms with E-state index in [0.29, 0.717) is 47.9 Å². The maximum atomic E-state index is 13.8. The molecule has 0 saturated carbocycles. The summed E-state index contributed by atoms with van der Waals surface area (Å²) in [4.78, 5) is 42.6. The fourth-order valence-electron chi connectivity index (χ4n) is 4.48. The van der Waals surface area contributed by atoms with Gasteiger partial charge in [0.25, 0.3) is 11.2 Å². The summed E-state index contributed by atoms with van der Waals surface area (Å²) in [5.41, 5.74) is 1.18. The predicted molar refractivity (Wildman–Crippen MR) is 157 cm³/mol. The fourth-order valence-corrected chi connectivity index (χ4v) is 6.28. The third-order valence-electron chi connectivity index (χ3n) is 6.33. The minimum atomic E-state index is -0.800. The van der Waals surface area contributed by atoms with Gasteiger partial charge in [-0.15, -0.1) is 0 Å². The highest BCUT2D eigenvalue weighted by molar-refractivity contribution is 9.10. The second-order valence-electron chi connectivity index (χ2n) is 8.82. The number of hydrogen-bond donors (Lipinski definition) is 0. The van der Waals surface area contributed by atoms with E-state index in [1.165, 1.54) is 22.8 Å². The normalized spacial score (nSPS) is 15.0. The van der Waals surface area contributed by atoms with Gasteiger partial charge in [-0.1, -0.05) is 29.0 Å². The molecule has 0 saturated heterocycles. The number of benzene rings is 2. The van der Waals surface area contributed by atoms with Crippen LogP contribution in [0.25, 0.3) is 17.4 Å². The third-order valence-corrected chi connectivity index (χ3v) is 8.27. The maximum absolute atomic E-state index is 13.8. The third kappa shape index (κ3) is 5.37. The van der Waals surface area contributed by atoms with Gasteiger partial charge in [-0.05, 0) is 65.7 Å². The maximum Gasteiger partial charge on any atom is 0.338 e. The number of fused-ring (bicyclic) bond motifs is 1. The Labute approximate surface area is 250 Å². The van der Waals surface area contributed by atoms with E-state index in [-0.39, 0.29) is 28.4 Å². The van der Waals surface area contributed by atoms with Crippen LogP contribution in [-0.2, 0) is 9.53 Å². The molecule has 2 aromatic carbocycles. The molecule has 0 spiro atoms. The van der Waals surface area contributed by atoms with Crippen molar-refractivity contribution in [1.29, 1.82) is 0 Å². The van der Waals surface area contributed by atoms with Gasteiger partial charge in [0, 0.05) is 23.8 Å². The van der Waals surface area contributed by atoms with Crippen LogP contribution >= 0.6 is 38.9 Å². The predicted octanol–water partition coefficient (Wildman–Crippen LogP) is 5.39. The van der Waals surface area contributed by atoms with Crippen molar-refractivity contribution in [3.8, 4) is 17.1 Å². The van der Waals surface area contributed by atoms with E-state index in [4.69, 9.17) is 25.5 Å². The zero-order chi connectivity index (χ0) is 29.4. The Morgan fingerprint density at radius 1 is 1.27 bits per heavy atom. The van der Waals surface area contributed by atoms with Crippen molar-refractivity contribution in [2.45, 2.75) is 19.9 Å². The SMILES string of the molecule is CCOC(=O)C1=C(C)N=c2s/c(=C/c3ccc(-c4cc([N+](=O)[O-])ccc4Cl)o3)c(=O)n2[C@H]1c1ccc(OC)c(Br)c1. The van der Waals surface area contributed by atoms with Crippen molar-refractivity contribution in [2.75, 3.05) is 13.7 Å². The second-order valence-corrected chi connectivity index (χ2v) is 11.1. The molecular formula is C28H21BrClN3O7S. The first kappa shape index (κ1) is 28.5. The fraction of sp³-hybridized carbons (Fsp3) is 0.179. The topological polar surface area (TPSA) is 126 Å². The van der Waals surface area contributed by atoms with Crippen molar-refractivity contribution < 1.29 is 23.6 Å². The number of carbonyl (C=O) groups is 1. The van der Waals surface area contributed by atoms with Crippen molar-refractivity contribution in [3.63, 3.8) is 0 Å². The van der Waals surface area contributed by atoms with Gasteiger partial charge >= 0.3 is 5.97 Å². The molecule has 1 aliphatic rings. The van der Waals surface area contributed by atoms with E-state index in [0.717, 1.165) is 11.3 Å². The molecule has 0 unspecified atom stereocenters. The largest absolute Gasteiger partial charge is 0.496 e. The summed E-state index contributed by atoms with van der Waals surface area (Å²) in [6.07, 6.45) is 1.56. The number of esters is 1. The number of nitro groups is 1. The lowest BCUT2D eigenvalue weighted by Crippen LogP contribution is -2.39. The molecule has 0 amide bonds. The Balaban J connectivity index is 1.64. The van der Waals surface area contributed by atoms with Gasteiger partial charge in [-0.25, -0.2) is 9.79 Å². The highest BCUT2D eigenvalue weighted by Crippen LogP contribution is 2.35. The number of rotatable bonds is 7. The van der Waals surface area contributed by atoms with E-state index >= 15 is 0 Å². The molecule has 4 aromatic rings. The molecule has 13 heteroatoms. The van der Waals surface area contributed by atoms with E-state index in [1.807, 2.05) is 0 Å². The quantitative estimate of drug-likeness (QED) is 0.148.